The number of carbonyl (C=O) groups excluding carboxylic acids is 2. The van der Waals surface area contributed by atoms with Crippen molar-refractivity contribution in [2.45, 2.75) is 44.8 Å². The van der Waals surface area contributed by atoms with Crippen LogP contribution in [0.2, 0.25) is 5.04 Å². The molecular weight excluding hydrogens is 408 g/mol. The second-order valence-electron chi connectivity index (χ2n) is 9.12. The highest BCUT2D eigenvalue weighted by molar-refractivity contribution is 6.99. The molecule has 166 valence electrons. The molecule has 31 heavy (non-hydrogen) atoms. The summed E-state index contributed by atoms with van der Waals surface area (Å²) in [5.74, 6) is -0.645. The first-order valence-corrected chi connectivity index (χ1v) is 12.6. The third-order valence-corrected chi connectivity index (χ3v) is 10.9. The van der Waals surface area contributed by atoms with E-state index in [0.29, 0.717) is 19.6 Å². The lowest BCUT2D eigenvalue weighted by atomic mass is 10.0. The molecule has 0 saturated carbocycles. The van der Waals surface area contributed by atoms with Crippen LogP contribution in [0.3, 0.4) is 0 Å². The van der Waals surface area contributed by atoms with Gasteiger partial charge in [-0.25, -0.2) is 0 Å². The number of esters is 1. The van der Waals surface area contributed by atoms with Gasteiger partial charge in [0.05, 0.1) is 13.7 Å². The summed E-state index contributed by atoms with van der Waals surface area (Å²) < 4.78 is 17.3. The monoisotopic (exact) mass is 440 g/mol. The van der Waals surface area contributed by atoms with Gasteiger partial charge in [-0.2, -0.15) is 0 Å². The lowest BCUT2D eigenvalue weighted by Crippen LogP contribution is -2.66. The summed E-state index contributed by atoms with van der Waals surface area (Å²) in [6.07, 6.45) is -0.246. The number of ether oxygens (including phenoxy) is 2. The summed E-state index contributed by atoms with van der Waals surface area (Å²) in [7, 11) is -1.33. The minimum absolute atomic E-state index is 0.102. The van der Waals surface area contributed by atoms with E-state index in [1.165, 1.54) is 17.5 Å². The van der Waals surface area contributed by atoms with Crippen molar-refractivity contribution in [2.75, 3.05) is 20.3 Å². The van der Waals surface area contributed by atoms with Crippen LogP contribution >= 0.6 is 0 Å². The van der Waals surface area contributed by atoms with Crippen LogP contribution in [0.15, 0.2) is 60.7 Å². The second kappa shape index (κ2) is 9.89. The molecular formula is C25H32O5Si. The quantitative estimate of drug-likeness (QED) is 0.359. The number of rotatable bonds is 8. The predicted molar refractivity (Wildman–Crippen MR) is 123 cm³/mol. The number of carbonyl (C=O) groups is 2. The topological polar surface area (TPSA) is 61.8 Å². The third kappa shape index (κ3) is 5.14. The number of ketones is 1. The van der Waals surface area contributed by atoms with Gasteiger partial charge in [-0.15, -0.1) is 0 Å². The molecule has 5 nitrogen and oxygen atoms in total. The van der Waals surface area contributed by atoms with Crippen LogP contribution in [0.4, 0.5) is 0 Å². The molecule has 2 aromatic carbocycles. The Balaban J connectivity index is 1.83. The molecule has 3 rings (SSSR count). The number of hydrogen-bond donors (Lipinski definition) is 0. The highest BCUT2D eigenvalue weighted by atomic mass is 28.4. The smallest absolute Gasteiger partial charge is 0.313 e. The van der Waals surface area contributed by atoms with Crippen molar-refractivity contribution in [1.82, 2.24) is 0 Å². The molecule has 0 radical (unpaired) electrons. The number of hydrogen-bond acceptors (Lipinski definition) is 5. The fraction of sp³-hybridized carbons (Fsp3) is 0.440. The highest BCUT2D eigenvalue weighted by Gasteiger charge is 2.50. The molecule has 1 saturated heterocycles. The molecule has 1 aliphatic rings. The Kier molecular flexibility index (Phi) is 7.46. The summed E-state index contributed by atoms with van der Waals surface area (Å²) in [6, 6.07) is 21.0. The first-order valence-electron chi connectivity index (χ1n) is 10.7. The number of Topliss-reactive ketones (excluding diaryl/α,β-unsaturated/α-hetero) is 1. The molecule has 1 aliphatic heterocycles. The Labute approximate surface area is 185 Å². The Morgan fingerprint density at radius 2 is 1.55 bits per heavy atom. The summed E-state index contributed by atoms with van der Waals surface area (Å²) in [5, 5.41) is 2.35. The van der Waals surface area contributed by atoms with E-state index < -0.39 is 20.4 Å². The van der Waals surface area contributed by atoms with Crippen LogP contribution in [0.25, 0.3) is 0 Å². The highest BCUT2D eigenvalue weighted by Crippen LogP contribution is 2.37. The van der Waals surface area contributed by atoms with E-state index in [1.807, 2.05) is 12.1 Å². The SMILES string of the molecule is COC(=O)CC(=O)C1CC(CO[Si](c2ccccc2)(c2ccccc2)C(C)(C)C)CO1. The van der Waals surface area contributed by atoms with Gasteiger partial charge in [-0.3, -0.25) is 9.59 Å². The molecule has 0 aliphatic carbocycles. The Hall–Kier alpha value is -2.28. The van der Waals surface area contributed by atoms with Crippen LogP contribution < -0.4 is 10.4 Å². The van der Waals surface area contributed by atoms with Crippen LogP contribution in [0, 0.1) is 5.92 Å². The Bertz CT molecular complexity index is 836. The zero-order valence-corrected chi connectivity index (χ0v) is 19.8. The zero-order valence-electron chi connectivity index (χ0n) is 18.8. The van der Waals surface area contributed by atoms with E-state index in [-0.39, 0.29) is 23.2 Å². The van der Waals surface area contributed by atoms with E-state index in [0.717, 1.165) is 0 Å². The van der Waals surface area contributed by atoms with Gasteiger partial charge >= 0.3 is 5.97 Å². The predicted octanol–water partition coefficient (Wildman–Crippen LogP) is 3.10. The number of methoxy groups -OCH3 is 1. The van der Waals surface area contributed by atoms with Gasteiger partial charge < -0.3 is 13.9 Å². The summed E-state index contributed by atoms with van der Waals surface area (Å²) in [6.45, 7) is 7.69. The van der Waals surface area contributed by atoms with Gasteiger partial charge in [-0.1, -0.05) is 81.4 Å². The molecule has 0 spiro atoms. The largest absolute Gasteiger partial charge is 0.469 e. The molecule has 1 fully saturated rings. The van der Waals surface area contributed by atoms with Gasteiger partial charge in [0.25, 0.3) is 8.32 Å². The molecule has 0 bridgehead atoms. The normalized spacial score (nSPS) is 19.2. The van der Waals surface area contributed by atoms with Gasteiger partial charge in [0.15, 0.2) is 5.78 Å². The lowest BCUT2D eigenvalue weighted by Gasteiger charge is -2.43. The average Bonchev–Trinajstić information content (AvgIpc) is 3.24. The van der Waals surface area contributed by atoms with E-state index in [2.05, 4.69) is 74.0 Å². The summed E-state index contributed by atoms with van der Waals surface area (Å²) >= 11 is 0. The van der Waals surface area contributed by atoms with Crippen LogP contribution in [0.1, 0.15) is 33.6 Å². The maximum atomic E-state index is 12.3. The van der Waals surface area contributed by atoms with Crippen molar-refractivity contribution in [3.8, 4) is 0 Å². The second-order valence-corrected chi connectivity index (χ2v) is 13.4. The number of benzene rings is 2. The molecule has 2 atom stereocenters. The molecule has 0 aromatic heterocycles. The lowest BCUT2D eigenvalue weighted by molar-refractivity contribution is -0.145. The minimum atomic E-state index is -2.61. The van der Waals surface area contributed by atoms with Crippen LogP contribution in [0.5, 0.6) is 0 Å². The van der Waals surface area contributed by atoms with Crippen molar-refractivity contribution in [1.29, 1.82) is 0 Å². The van der Waals surface area contributed by atoms with E-state index in [1.54, 1.807) is 0 Å². The molecule has 6 heteroatoms. The average molecular weight is 441 g/mol. The van der Waals surface area contributed by atoms with Crippen molar-refractivity contribution in [3.05, 3.63) is 60.7 Å². The van der Waals surface area contributed by atoms with Gasteiger partial charge in [0.2, 0.25) is 0 Å². The Morgan fingerprint density at radius 3 is 2.03 bits per heavy atom. The molecule has 2 aromatic rings. The fourth-order valence-electron chi connectivity index (χ4n) is 4.36. The van der Waals surface area contributed by atoms with Crippen molar-refractivity contribution in [3.63, 3.8) is 0 Å². The summed E-state index contributed by atoms with van der Waals surface area (Å²) in [5.41, 5.74) is 0. The third-order valence-electron chi connectivity index (χ3n) is 5.94. The minimum Gasteiger partial charge on any atom is -0.469 e. The maximum Gasteiger partial charge on any atom is 0.313 e. The van der Waals surface area contributed by atoms with Crippen molar-refractivity contribution < 1.29 is 23.5 Å². The van der Waals surface area contributed by atoms with Crippen LogP contribution in [-0.4, -0.2) is 46.5 Å². The first kappa shape index (κ1) is 23.4. The molecule has 1 heterocycles. The molecule has 0 N–H and O–H groups in total. The Morgan fingerprint density at radius 1 is 1.00 bits per heavy atom. The van der Waals surface area contributed by atoms with Gasteiger partial charge in [0, 0.05) is 12.5 Å². The van der Waals surface area contributed by atoms with E-state index in [9.17, 15) is 9.59 Å². The summed E-state index contributed by atoms with van der Waals surface area (Å²) in [4.78, 5) is 23.7. The van der Waals surface area contributed by atoms with Gasteiger partial charge in [-0.05, 0) is 21.8 Å². The molecule has 0 amide bonds. The first-order chi connectivity index (χ1) is 14.8. The van der Waals surface area contributed by atoms with E-state index >= 15 is 0 Å². The van der Waals surface area contributed by atoms with Gasteiger partial charge in [0.1, 0.15) is 12.5 Å². The molecule has 2 unspecified atom stereocenters. The van der Waals surface area contributed by atoms with Crippen LogP contribution in [-0.2, 0) is 23.5 Å². The fourth-order valence-corrected chi connectivity index (χ4v) is 9.01. The van der Waals surface area contributed by atoms with Crippen molar-refractivity contribution in [2.24, 2.45) is 5.92 Å². The van der Waals surface area contributed by atoms with E-state index in [4.69, 9.17) is 9.16 Å². The zero-order chi connectivity index (χ0) is 22.5. The maximum absolute atomic E-state index is 12.3. The standard InChI is InChI=1S/C25H32O5Si/c1-25(2,3)31(20-11-7-5-8-12-20,21-13-9-6-10-14-21)30-18-19-15-23(29-17-19)22(26)16-24(27)28-4/h5-14,19,23H,15-18H2,1-4H3. The van der Waals surface area contributed by atoms with Crippen molar-refractivity contribution >= 4 is 30.4 Å².